The van der Waals surface area contributed by atoms with Gasteiger partial charge in [-0.25, -0.2) is 8.42 Å². The molecule has 1 aliphatic rings. The van der Waals surface area contributed by atoms with Crippen LogP contribution in [0, 0.1) is 5.92 Å². The van der Waals surface area contributed by atoms with E-state index < -0.39 is 15.9 Å². The van der Waals surface area contributed by atoms with Gasteiger partial charge in [-0.05, 0) is 30.3 Å². The molecular formula is C18H18ClN3O4S. The summed E-state index contributed by atoms with van der Waals surface area (Å²) in [5.74, 6) is -0.876. The van der Waals surface area contributed by atoms with Crippen LogP contribution in [0.4, 0.5) is 17.1 Å². The van der Waals surface area contributed by atoms with E-state index in [1.165, 1.54) is 12.1 Å². The predicted molar refractivity (Wildman–Crippen MR) is 105 cm³/mol. The highest BCUT2D eigenvalue weighted by atomic mass is 35.5. The largest absolute Gasteiger partial charge is 0.326 e. The Morgan fingerprint density at radius 3 is 2.52 bits per heavy atom. The quantitative estimate of drug-likeness (QED) is 0.796. The number of hydrogen-bond donors (Lipinski definition) is 2. The average Bonchev–Trinajstić information content (AvgIpc) is 2.99. The second-order valence-electron chi connectivity index (χ2n) is 6.30. The molecule has 1 saturated heterocycles. The molecule has 0 aromatic heterocycles. The lowest BCUT2D eigenvalue weighted by Gasteiger charge is -2.16. The number of nitrogens with zero attached hydrogens (tertiary/aromatic N) is 1. The standard InChI is InChI=1S/C18H18ClN3O4S/c1-27(25,26)21-16-8-7-13(10-15(16)19)20-18(24)12-9-17(23)22(11-12)14-5-3-2-4-6-14/h2-8,10,12,21H,9,11H2,1H3,(H,20,24). The molecule has 2 aromatic carbocycles. The van der Waals surface area contributed by atoms with E-state index in [9.17, 15) is 18.0 Å². The molecule has 9 heteroatoms. The van der Waals surface area contributed by atoms with Crippen LogP contribution in [0.1, 0.15) is 6.42 Å². The molecule has 1 heterocycles. The fraction of sp³-hybridized carbons (Fsp3) is 0.222. The average molecular weight is 408 g/mol. The molecule has 1 fully saturated rings. The minimum absolute atomic E-state index is 0.105. The van der Waals surface area contributed by atoms with Crippen LogP contribution in [-0.4, -0.2) is 33.0 Å². The molecule has 0 spiro atoms. The number of carbonyl (C=O) groups excluding carboxylic acids is 2. The van der Waals surface area contributed by atoms with E-state index in [-0.39, 0.29) is 28.9 Å². The molecule has 2 aromatic rings. The lowest BCUT2D eigenvalue weighted by Crippen LogP contribution is -2.28. The predicted octanol–water partition coefficient (Wildman–Crippen LogP) is 2.70. The number of rotatable bonds is 5. The highest BCUT2D eigenvalue weighted by Crippen LogP contribution is 2.28. The summed E-state index contributed by atoms with van der Waals surface area (Å²) in [5.41, 5.74) is 1.41. The second kappa shape index (κ2) is 7.58. The van der Waals surface area contributed by atoms with E-state index in [2.05, 4.69) is 10.0 Å². The van der Waals surface area contributed by atoms with Crippen LogP contribution in [0.15, 0.2) is 48.5 Å². The minimum atomic E-state index is -3.45. The van der Waals surface area contributed by atoms with Gasteiger partial charge in [0, 0.05) is 24.3 Å². The highest BCUT2D eigenvalue weighted by molar-refractivity contribution is 7.92. The molecule has 2 amide bonds. The number of benzene rings is 2. The number of hydrogen-bond acceptors (Lipinski definition) is 4. The van der Waals surface area contributed by atoms with Gasteiger partial charge in [-0.15, -0.1) is 0 Å². The summed E-state index contributed by atoms with van der Waals surface area (Å²) < 4.78 is 24.9. The molecule has 0 bridgehead atoms. The molecule has 7 nitrogen and oxygen atoms in total. The van der Waals surface area contributed by atoms with Gasteiger partial charge in [0.25, 0.3) is 0 Å². The highest BCUT2D eigenvalue weighted by Gasteiger charge is 2.35. The van der Waals surface area contributed by atoms with Crippen LogP contribution in [0.5, 0.6) is 0 Å². The first-order valence-corrected chi connectivity index (χ1v) is 10.4. The maximum atomic E-state index is 12.5. The van der Waals surface area contributed by atoms with Crippen molar-refractivity contribution in [2.75, 3.05) is 27.7 Å². The fourth-order valence-electron chi connectivity index (χ4n) is 2.86. The Labute approximate surface area is 162 Å². The number of nitrogens with one attached hydrogen (secondary N) is 2. The Balaban J connectivity index is 1.67. The van der Waals surface area contributed by atoms with Crippen molar-refractivity contribution < 1.29 is 18.0 Å². The third kappa shape index (κ3) is 4.78. The summed E-state index contributed by atoms with van der Waals surface area (Å²) in [6.45, 7) is 0.302. The second-order valence-corrected chi connectivity index (χ2v) is 8.45. The van der Waals surface area contributed by atoms with Gasteiger partial charge in [0.15, 0.2) is 0 Å². The van der Waals surface area contributed by atoms with Crippen molar-refractivity contribution in [2.24, 2.45) is 5.92 Å². The van der Waals surface area contributed by atoms with Crippen LogP contribution >= 0.6 is 11.6 Å². The van der Waals surface area contributed by atoms with Crippen LogP contribution in [-0.2, 0) is 19.6 Å². The van der Waals surface area contributed by atoms with E-state index in [0.717, 1.165) is 11.9 Å². The van der Waals surface area contributed by atoms with E-state index in [4.69, 9.17) is 11.6 Å². The number of amides is 2. The van der Waals surface area contributed by atoms with Crippen LogP contribution in [0.2, 0.25) is 5.02 Å². The number of sulfonamides is 1. The van der Waals surface area contributed by atoms with Crippen molar-refractivity contribution >= 4 is 50.5 Å². The van der Waals surface area contributed by atoms with Gasteiger partial charge in [0.05, 0.1) is 22.9 Å². The van der Waals surface area contributed by atoms with Crippen molar-refractivity contribution in [3.8, 4) is 0 Å². The van der Waals surface area contributed by atoms with Gasteiger partial charge < -0.3 is 10.2 Å². The Morgan fingerprint density at radius 2 is 1.89 bits per heavy atom. The molecule has 3 rings (SSSR count). The first-order valence-electron chi connectivity index (χ1n) is 8.16. The van der Waals surface area contributed by atoms with Gasteiger partial charge in [0.1, 0.15) is 0 Å². The zero-order chi connectivity index (χ0) is 19.6. The Kier molecular flexibility index (Phi) is 5.38. The molecule has 0 radical (unpaired) electrons. The summed E-state index contributed by atoms with van der Waals surface area (Å²) in [4.78, 5) is 26.3. The lowest BCUT2D eigenvalue weighted by atomic mass is 10.1. The SMILES string of the molecule is CS(=O)(=O)Nc1ccc(NC(=O)C2CC(=O)N(c3ccccc3)C2)cc1Cl. The maximum Gasteiger partial charge on any atom is 0.229 e. The monoisotopic (exact) mass is 407 g/mol. The van der Waals surface area contributed by atoms with Gasteiger partial charge in [-0.3, -0.25) is 14.3 Å². The Hall–Kier alpha value is -2.58. The topological polar surface area (TPSA) is 95.6 Å². The van der Waals surface area contributed by atoms with Gasteiger partial charge in [-0.2, -0.15) is 0 Å². The number of carbonyl (C=O) groups is 2. The number of para-hydroxylation sites is 1. The smallest absolute Gasteiger partial charge is 0.229 e. The van der Waals surface area contributed by atoms with Crippen molar-refractivity contribution in [1.29, 1.82) is 0 Å². The van der Waals surface area contributed by atoms with Gasteiger partial charge >= 0.3 is 0 Å². The molecule has 0 aliphatic carbocycles. The zero-order valence-electron chi connectivity index (χ0n) is 14.5. The van der Waals surface area contributed by atoms with Crippen molar-refractivity contribution in [1.82, 2.24) is 0 Å². The lowest BCUT2D eigenvalue weighted by molar-refractivity contribution is -0.122. The van der Waals surface area contributed by atoms with E-state index >= 15 is 0 Å². The molecule has 1 atom stereocenters. The van der Waals surface area contributed by atoms with Crippen LogP contribution in [0.25, 0.3) is 0 Å². The molecule has 142 valence electrons. The van der Waals surface area contributed by atoms with E-state index in [1.807, 2.05) is 30.3 Å². The third-order valence-corrected chi connectivity index (χ3v) is 5.00. The van der Waals surface area contributed by atoms with Crippen molar-refractivity contribution in [2.45, 2.75) is 6.42 Å². The van der Waals surface area contributed by atoms with Gasteiger partial charge in [-0.1, -0.05) is 29.8 Å². The van der Waals surface area contributed by atoms with Gasteiger partial charge in [0.2, 0.25) is 21.8 Å². The van der Waals surface area contributed by atoms with E-state index in [0.29, 0.717) is 12.2 Å². The van der Waals surface area contributed by atoms with Crippen molar-refractivity contribution in [3.05, 3.63) is 53.6 Å². The summed E-state index contributed by atoms with van der Waals surface area (Å²) in [7, 11) is -3.45. The summed E-state index contributed by atoms with van der Waals surface area (Å²) in [6.07, 6.45) is 1.15. The summed E-state index contributed by atoms with van der Waals surface area (Å²) in [6, 6.07) is 13.7. The third-order valence-electron chi connectivity index (χ3n) is 4.10. The maximum absolute atomic E-state index is 12.5. The molecule has 1 unspecified atom stereocenters. The molecule has 2 N–H and O–H groups in total. The molecule has 0 saturated carbocycles. The molecule has 1 aliphatic heterocycles. The molecular weight excluding hydrogens is 390 g/mol. The fourth-order valence-corrected chi connectivity index (χ4v) is 3.72. The van der Waals surface area contributed by atoms with Crippen LogP contribution < -0.4 is 14.9 Å². The number of halogens is 1. The Morgan fingerprint density at radius 1 is 1.19 bits per heavy atom. The molecule has 27 heavy (non-hydrogen) atoms. The van der Waals surface area contributed by atoms with Crippen molar-refractivity contribution in [3.63, 3.8) is 0 Å². The summed E-state index contributed by atoms with van der Waals surface area (Å²) in [5, 5.41) is 2.89. The normalized spacial score (nSPS) is 17.0. The number of anilines is 3. The van der Waals surface area contributed by atoms with E-state index in [1.54, 1.807) is 11.0 Å². The van der Waals surface area contributed by atoms with Crippen LogP contribution in [0.3, 0.4) is 0 Å². The minimum Gasteiger partial charge on any atom is -0.326 e. The summed E-state index contributed by atoms with van der Waals surface area (Å²) >= 11 is 6.06. The zero-order valence-corrected chi connectivity index (χ0v) is 16.0. The first-order chi connectivity index (χ1) is 12.7. The Bertz CT molecular complexity index is 979. The first kappa shape index (κ1) is 19.2.